The maximum atomic E-state index is 12.4. The smallest absolute Gasteiger partial charge is 0.417 e. The third-order valence-corrected chi connectivity index (χ3v) is 4.51. The number of amides is 2. The molecule has 0 aromatic heterocycles. The Morgan fingerprint density at radius 2 is 2.10 bits per heavy atom. The highest BCUT2D eigenvalue weighted by atomic mass is 35.5. The lowest BCUT2D eigenvalue weighted by atomic mass is 10.0. The van der Waals surface area contributed by atoms with Crippen LogP contribution >= 0.6 is 11.6 Å². The van der Waals surface area contributed by atoms with Crippen LogP contribution < -0.4 is 0 Å². The molecule has 0 saturated carbocycles. The van der Waals surface area contributed by atoms with Gasteiger partial charge in [-0.25, -0.2) is 9.69 Å². The van der Waals surface area contributed by atoms with E-state index in [-0.39, 0.29) is 24.5 Å². The van der Waals surface area contributed by atoms with Gasteiger partial charge in [-0.05, 0) is 17.9 Å². The Balaban J connectivity index is 2.11. The number of ether oxygens (including phenoxy) is 1. The fourth-order valence-corrected chi connectivity index (χ4v) is 2.63. The molecule has 5 heteroatoms. The Morgan fingerprint density at radius 1 is 1.43 bits per heavy atom. The molecule has 0 bridgehead atoms. The standard InChI is InChI=1S/C16H20ClNO3/c1-3-11(2)14(17)15(19)18-13(10-21-16(18)20)9-12-7-5-4-6-8-12/h4-8,11,13-14H,3,9-10H2,1-2H3/t11-,13+,14+/m1/s1. The molecule has 1 saturated heterocycles. The van der Waals surface area contributed by atoms with E-state index in [4.69, 9.17) is 16.3 Å². The van der Waals surface area contributed by atoms with E-state index in [0.29, 0.717) is 6.42 Å². The van der Waals surface area contributed by atoms with Gasteiger partial charge in [0.05, 0.1) is 6.04 Å². The number of benzene rings is 1. The van der Waals surface area contributed by atoms with Gasteiger partial charge in [-0.3, -0.25) is 4.79 Å². The minimum Gasteiger partial charge on any atom is -0.447 e. The minimum atomic E-state index is -0.695. The summed E-state index contributed by atoms with van der Waals surface area (Å²) in [4.78, 5) is 25.5. The highest BCUT2D eigenvalue weighted by Crippen LogP contribution is 2.23. The average Bonchev–Trinajstić information content (AvgIpc) is 2.86. The average molecular weight is 310 g/mol. The quantitative estimate of drug-likeness (QED) is 0.785. The molecule has 4 nitrogen and oxygen atoms in total. The molecule has 3 atom stereocenters. The Hall–Kier alpha value is -1.55. The van der Waals surface area contributed by atoms with E-state index in [9.17, 15) is 9.59 Å². The number of carbonyl (C=O) groups is 2. The Kier molecular flexibility index (Phi) is 5.23. The molecular formula is C16H20ClNO3. The number of imide groups is 1. The molecule has 1 aromatic rings. The number of cyclic esters (lactones) is 1. The predicted molar refractivity (Wildman–Crippen MR) is 81.2 cm³/mol. The van der Waals surface area contributed by atoms with E-state index < -0.39 is 11.5 Å². The van der Waals surface area contributed by atoms with Crippen LogP contribution in [0.25, 0.3) is 0 Å². The summed E-state index contributed by atoms with van der Waals surface area (Å²) in [6, 6.07) is 9.46. The van der Waals surface area contributed by atoms with Crippen LogP contribution in [0.3, 0.4) is 0 Å². The van der Waals surface area contributed by atoms with Crippen LogP contribution in [0.2, 0.25) is 0 Å². The van der Waals surface area contributed by atoms with E-state index in [1.807, 2.05) is 44.2 Å². The van der Waals surface area contributed by atoms with Gasteiger partial charge in [-0.15, -0.1) is 11.6 Å². The van der Waals surface area contributed by atoms with Crippen molar-refractivity contribution in [2.75, 3.05) is 6.61 Å². The van der Waals surface area contributed by atoms with Crippen LogP contribution in [0.15, 0.2) is 30.3 Å². The summed E-state index contributed by atoms with van der Waals surface area (Å²) in [5.74, 6) is -0.334. The minimum absolute atomic E-state index is 0.0185. The summed E-state index contributed by atoms with van der Waals surface area (Å²) in [6.07, 6.45) is 0.782. The third kappa shape index (κ3) is 3.56. The maximum Gasteiger partial charge on any atom is 0.417 e. The summed E-state index contributed by atoms with van der Waals surface area (Å²) in [5.41, 5.74) is 1.06. The van der Waals surface area contributed by atoms with Crippen LogP contribution in [-0.4, -0.2) is 34.9 Å². The van der Waals surface area contributed by atoms with Crippen molar-refractivity contribution in [2.45, 2.75) is 38.1 Å². The normalized spacial score (nSPS) is 21.0. The lowest BCUT2D eigenvalue weighted by Crippen LogP contribution is -2.45. The highest BCUT2D eigenvalue weighted by molar-refractivity contribution is 6.32. The number of hydrogen-bond donors (Lipinski definition) is 0. The number of nitrogens with zero attached hydrogens (tertiary/aromatic N) is 1. The van der Waals surface area contributed by atoms with E-state index in [1.165, 1.54) is 4.90 Å². The van der Waals surface area contributed by atoms with Crippen LogP contribution in [0.5, 0.6) is 0 Å². The predicted octanol–water partition coefficient (Wildman–Crippen LogP) is 3.23. The zero-order valence-electron chi connectivity index (χ0n) is 12.3. The molecule has 1 aliphatic rings. The van der Waals surface area contributed by atoms with Gasteiger partial charge in [0.15, 0.2) is 0 Å². The van der Waals surface area contributed by atoms with Gasteiger partial charge in [0, 0.05) is 0 Å². The van der Waals surface area contributed by atoms with Crippen LogP contribution in [0.1, 0.15) is 25.8 Å². The van der Waals surface area contributed by atoms with E-state index in [1.54, 1.807) is 0 Å². The molecule has 0 aliphatic carbocycles. The van der Waals surface area contributed by atoms with Crippen molar-refractivity contribution in [3.05, 3.63) is 35.9 Å². The second kappa shape index (κ2) is 6.94. The Bertz CT molecular complexity index is 506. The molecule has 21 heavy (non-hydrogen) atoms. The maximum absolute atomic E-state index is 12.4. The number of halogens is 1. The topological polar surface area (TPSA) is 46.6 Å². The first-order valence-electron chi connectivity index (χ1n) is 7.22. The fraction of sp³-hybridized carbons (Fsp3) is 0.500. The lowest BCUT2D eigenvalue weighted by molar-refractivity contribution is -0.129. The molecule has 114 valence electrons. The summed E-state index contributed by atoms with van der Waals surface area (Å²) in [6.45, 7) is 4.10. The second-order valence-electron chi connectivity index (χ2n) is 5.42. The fourth-order valence-electron chi connectivity index (χ4n) is 2.35. The van der Waals surface area contributed by atoms with Gasteiger partial charge in [0.2, 0.25) is 0 Å². The van der Waals surface area contributed by atoms with Crippen LogP contribution in [0.4, 0.5) is 4.79 Å². The van der Waals surface area contributed by atoms with Gasteiger partial charge in [0.1, 0.15) is 12.0 Å². The zero-order valence-corrected chi connectivity index (χ0v) is 13.0. The highest BCUT2D eigenvalue weighted by Gasteiger charge is 2.41. The third-order valence-electron chi connectivity index (χ3n) is 3.89. The van der Waals surface area contributed by atoms with Crippen molar-refractivity contribution in [2.24, 2.45) is 5.92 Å². The molecule has 1 heterocycles. The molecule has 2 amide bonds. The van der Waals surface area contributed by atoms with E-state index in [0.717, 1.165) is 12.0 Å². The molecule has 1 fully saturated rings. The lowest BCUT2D eigenvalue weighted by Gasteiger charge is -2.24. The molecule has 0 unspecified atom stereocenters. The van der Waals surface area contributed by atoms with Crippen LogP contribution in [0, 0.1) is 5.92 Å². The van der Waals surface area contributed by atoms with Gasteiger partial charge in [-0.2, -0.15) is 0 Å². The molecule has 2 rings (SSSR count). The first kappa shape index (κ1) is 15.8. The molecular weight excluding hydrogens is 290 g/mol. The number of rotatable bonds is 5. The second-order valence-corrected chi connectivity index (χ2v) is 5.89. The van der Waals surface area contributed by atoms with Crippen molar-refractivity contribution in [3.63, 3.8) is 0 Å². The Labute approximate surface area is 130 Å². The Morgan fingerprint density at radius 3 is 2.71 bits per heavy atom. The summed E-state index contributed by atoms with van der Waals surface area (Å²) in [7, 11) is 0. The monoisotopic (exact) mass is 309 g/mol. The number of carbonyl (C=O) groups excluding carboxylic acids is 2. The van der Waals surface area contributed by atoms with Crippen molar-refractivity contribution in [1.29, 1.82) is 0 Å². The number of alkyl halides is 1. The molecule has 0 N–H and O–H groups in total. The van der Waals surface area contributed by atoms with Crippen LogP contribution in [-0.2, 0) is 16.0 Å². The van der Waals surface area contributed by atoms with Crippen molar-refractivity contribution in [3.8, 4) is 0 Å². The SMILES string of the molecule is CC[C@@H](C)[C@H](Cl)C(=O)N1C(=O)OC[C@@H]1Cc1ccccc1. The molecule has 1 aromatic carbocycles. The van der Waals surface area contributed by atoms with Gasteiger partial charge in [-0.1, -0.05) is 50.6 Å². The summed E-state index contributed by atoms with van der Waals surface area (Å²) < 4.78 is 5.04. The molecule has 0 spiro atoms. The summed E-state index contributed by atoms with van der Waals surface area (Å²) >= 11 is 6.20. The van der Waals surface area contributed by atoms with Crippen molar-refractivity contribution < 1.29 is 14.3 Å². The van der Waals surface area contributed by atoms with Gasteiger partial charge < -0.3 is 4.74 Å². The molecule has 0 radical (unpaired) electrons. The largest absolute Gasteiger partial charge is 0.447 e. The zero-order chi connectivity index (χ0) is 15.4. The first-order valence-corrected chi connectivity index (χ1v) is 7.66. The first-order chi connectivity index (χ1) is 10.0. The number of hydrogen-bond acceptors (Lipinski definition) is 3. The van der Waals surface area contributed by atoms with Crippen molar-refractivity contribution >= 4 is 23.6 Å². The molecule has 1 aliphatic heterocycles. The van der Waals surface area contributed by atoms with E-state index in [2.05, 4.69) is 0 Å². The van der Waals surface area contributed by atoms with Gasteiger partial charge >= 0.3 is 6.09 Å². The van der Waals surface area contributed by atoms with E-state index >= 15 is 0 Å². The van der Waals surface area contributed by atoms with Gasteiger partial charge in [0.25, 0.3) is 5.91 Å². The summed E-state index contributed by atoms with van der Waals surface area (Å²) in [5, 5.41) is -0.695. The van der Waals surface area contributed by atoms with Crippen molar-refractivity contribution in [1.82, 2.24) is 4.90 Å².